The molecule has 0 fully saturated rings. The number of aryl methyl sites for hydroxylation is 1. The van der Waals surface area contributed by atoms with Crippen molar-refractivity contribution in [2.24, 2.45) is 0 Å². The number of aromatic nitrogens is 2. The Morgan fingerprint density at radius 1 is 1.12 bits per heavy atom. The molecule has 0 aliphatic carbocycles. The van der Waals surface area contributed by atoms with Gasteiger partial charge in [-0.25, -0.2) is 4.98 Å². The molecule has 1 heterocycles. The molecule has 1 atom stereocenters. The second-order valence-corrected chi connectivity index (χ2v) is 5.92. The summed E-state index contributed by atoms with van der Waals surface area (Å²) in [6, 6.07) is 15.6. The van der Waals surface area contributed by atoms with Crippen molar-refractivity contribution in [1.82, 2.24) is 9.55 Å². The summed E-state index contributed by atoms with van der Waals surface area (Å²) in [4.78, 5) is 4.60. The number of aliphatic hydroxyl groups is 1. The Bertz CT molecular complexity index is 829. The van der Waals surface area contributed by atoms with E-state index in [1.165, 1.54) is 0 Å². The highest BCUT2D eigenvalue weighted by Gasteiger charge is 2.16. The van der Waals surface area contributed by atoms with Crippen LogP contribution in [0, 0.1) is 0 Å². The van der Waals surface area contributed by atoms with Crippen LogP contribution in [-0.2, 0) is 6.54 Å². The maximum atomic E-state index is 10.3. The Hall–Kier alpha value is -2.53. The van der Waals surface area contributed by atoms with Crippen molar-refractivity contribution in [2.75, 3.05) is 13.7 Å². The van der Waals surface area contributed by atoms with Gasteiger partial charge in [0, 0.05) is 12.6 Å². The number of aliphatic hydroxyl groups excluding tert-OH is 1. The smallest absolute Gasteiger partial charge is 0.138 e. The van der Waals surface area contributed by atoms with Gasteiger partial charge in [-0.1, -0.05) is 25.1 Å². The molecule has 0 bridgehead atoms. The summed E-state index contributed by atoms with van der Waals surface area (Å²) in [5, 5.41) is 10.3. The molecule has 0 unspecified atom stereocenters. The molecule has 1 aromatic heterocycles. The van der Waals surface area contributed by atoms with Gasteiger partial charge in [-0.3, -0.25) is 0 Å². The fourth-order valence-electron chi connectivity index (χ4n) is 2.87. The zero-order valence-corrected chi connectivity index (χ0v) is 14.7. The van der Waals surface area contributed by atoms with Crippen molar-refractivity contribution < 1.29 is 14.6 Å². The predicted octanol–water partition coefficient (Wildman–Crippen LogP) is 3.96. The van der Waals surface area contributed by atoms with E-state index in [1.54, 1.807) is 7.11 Å². The van der Waals surface area contributed by atoms with E-state index in [0.29, 0.717) is 13.0 Å². The molecular weight excluding hydrogens is 316 g/mol. The van der Waals surface area contributed by atoms with Crippen molar-refractivity contribution in [3.8, 4) is 11.5 Å². The Kier molecular flexibility index (Phi) is 5.56. The molecule has 1 N–H and O–H groups in total. The third kappa shape index (κ3) is 3.94. The van der Waals surface area contributed by atoms with E-state index in [1.807, 2.05) is 55.5 Å². The quantitative estimate of drug-likeness (QED) is 0.631. The molecule has 0 amide bonds. The topological polar surface area (TPSA) is 56.5 Å². The number of ether oxygens (including phenoxy) is 2. The SMILES string of the molecule is CC[C@@H](O)c1nc2ccccc2n1CCCOc1cccc(OC)c1. The van der Waals surface area contributed by atoms with Crippen LogP contribution in [-0.4, -0.2) is 28.4 Å². The minimum atomic E-state index is -0.549. The molecule has 0 spiro atoms. The van der Waals surface area contributed by atoms with Crippen LogP contribution in [0.3, 0.4) is 0 Å². The molecule has 0 saturated heterocycles. The van der Waals surface area contributed by atoms with Crippen LogP contribution in [0.25, 0.3) is 11.0 Å². The number of para-hydroxylation sites is 2. The molecule has 25 heavy (non-hydrogen) atoms. The first-order valence-electron chi connectivity index (χ1n) is 8.63. The molecule has 2 aromatic carbocycles. The molecule has 0 saturated carbocycles. The highest BCUT2D eigenvalue weighted by Crippen LogP contribution is 2.23. The van der Waals surface area contributed by atoms with Gasteiger partial charge in [0.1, 0.15) is 23.4 Å². The Labute approximate surface area is 147 Å². The summed E-state index contributed by atoms with van der Waals surface area (Å²) < 4.78 is 13.1. The fraction of sp³-hybridized carbons (Fsp3) is 0.350. The average Bonchev–Trinajstić information content (AvgIpc) is 3.03. The second kappa shape index (κ2) is 8.03. The largest absolute Gasteiger partial charge is 0.497 e. The highest BCUT2D eigenvalue weighted by molar-refractivity contribution is 5.76. The summed E-state index contributed by atoms with van der Waals surface area (Å²) in [6.07, 6.45) is 0.914. The number of nitrogens with zero attached hydrogens (tertiary/aromatic N) is 2. The first-order valence-corrected chi connectivity index (χ1v) is 8.63. The van der Waals surface area contributed by atoms with E-state index in [-0.39, 0.29) is 0 Å². The predicted molar refractivity (Wildman–Crippen MR) is 98.1 cm³/mol. The fourth-order valence-corrected chi connectivity index (χ4v) is 2.87. The van der Waals surface area contributed by atoms with E-state index >= 15 is 0 Å². The summed E-state index contributed by atoms with van der Waals surface area (Å²) in [6.45, 7) is 3.29. The van der Waals surface area contributed by atoms with Gasteiger partial charge in [0.15, 0.2) is 0 Å². The monoisotopic (exact) mass is 340 g/mol. The molecule has 3 rings (SSSR count). The molecule has 3 aromatic rings. The van der Waals surface area contributed by atoms with Gasteiger partial charge in [-0.05, 0) is 37.1 Å². The number of benzene rings is 2. The van der Waals surface area contributed by atoms with E-state index in [4.69, 9.17) is 9.47 Å². The standard InChI is InChI=1S/C20H24N2O3/c1-3-19(23)20-21-17-10-4-5-11-18(17)22(20)12-7-13-25-16-9-6-8-15(14-16)24-2/h4-6,8-11,14,19,23H,3,7,12-13H2,1-2H3/t19-/m1/s1. The van der Waals surface area contributed by atoms with Crippen molar-refractivity contribution in [3.63, 3.8) is 0 Å². The van der Waals surface area contributed by atoms with E-state index < -0.39 is 6.10 Å². The minimum Gasteiger partial charge on any atom is -0.497 e. The third-order valence-electron chi connectivity index (χ3n) is 4.20. The Morgan fingerprint density at radius 3 is 2.72 bits per heavy atom. The maximum Gasteiger partial charge on any atom is 0.138 e. The van der Waals surface area contributed by atoms with Crippen LogP contribution >= 0.6 is 0 Å². The molecule has 0 radical (unpaired) electrons. The zero-order valence-electron chi connectivity index (χ0n) is 14.7. The Balaban J connectivity index is 1.68. The molecule has 0 aliphatic heterocycles. The summed E-state index contributed by atoms with van der Waals surface area (Å²) in [5.41, 5.74) is 1.96. The molecule has 132 valence electrons. The second-order valence-electron chi connectivity index (χ2n) is 5.92. The van der Waals surface area contributed by atoms with Gasteiger partial charge in [0.2, 0.25) is 0 Å². The maximum absolute atomic E-state index is 10.3. The van der Waals surface area contributed by atoms with Crippen LogP contribution in [0.1, 0.15) is 31.7 Å². The van der Waals surface area contributed by atoms with Crippen LogP contribution in [0.5, 0.6) is 11.5 Å². The summed E-state index contributed by atoms with van der Waals surface area (Å²) >= 11 is 0. The molecule has 0 aliphatic rings. The van der Waals surface area contributed by atoms with Crippen LogP contribution in [0.15, 0.2) is 48.5 Å². The molecule has 5 heteroatoms. The van der Waals surface area contributed by atoms with Crippen LogP contribution in [0.4, 0.5) is 0 Å². The highest BCUT2D eigenvalue weighted by atomic mass is 16.5. The lowest BCUT2D eigenvalue weighted by Crippen LogP contribution is -2.11. The molecular formula is C20H24N2O3. The summed E-state index contributed by atoms with van der Waals surface area (Å²) in [5.74, 6) is 2.31. The first-order chi connectivity index (χ1) is 12.2. The minimum absolute atomic E-state index is 0.549. The number of hydrogen-bond donors (Lipinski definition) is 1. The number of hydrogen-bond acceptors (Lipinski definition) is 4. The normalized spacial score (nSPS) is 12.3. The van der Waals surface area contributed by atoms with Crippen molar-refractivity contribution in [2.45, 2.75) is 32.4 Å². The third-order valence-corrected chi connectivity index (χ3v) is 4.20. The van der Waals surface area contributed by atoms with Crippen molar-refractivity contribution in [3.05, 3.63) is 54.4 Å². The lowest BCUT2D eigenvalue weighted by atomic mass is 10.2. The van der Waals surface area contributed by atoms with Crippen molar-refractivity contribution >= 4 is 11.0 Å². The Morgan fingerprint density at radius 2 is 1.92 bits per heavy atom. The van der Waals surface area contributed by atoms with E-state index in [0.717, 1.165) is 41.3 Å². The lowest BCUT2D eigenvalue weighted by molar-refractivity contribution is 0.158. The van der Waals surface area contributed by atoms with E-state index in [9.17, 15) is 5.11 Å². The lowest BCUT2D eigenvalue weighted by Gasteiger charge is -2.13. The average molecular weight is 340 g/mol. The van der Waals surface area contributed by atoms with Gasteiger partial charge in [-0.2, -0.15) is 0 Å². The number of rotatable bonds is 8. The first kappa shape index (κ1) is 17.3. The van der Waals surface area contributed by atoms with Crippen LogP contribution in [0.2, 0.25) is 0 Å². The van der Waals surface area contributed by atoms with Gasteiger partial charge < -0.3 is 19.1 Å². The zero-order chi connectivity index (χ0) is 17.6. The van der Waals surface area contributed by atoms with Gasteiger partial charge in [0.25, 0.3) is 0 Å². The van der Waals surface area contributed by atoms with Gasteiger partial charge in [-0.15, -0.1) is 0 Å². The number of imidazole rings is 1. The van der Waals surface area contributed by atoms with Gasteiger partial charge in [0.05, 0.1) is 24.8 Å². The molecule has 5 nitrogen and oxygen atoms in total. The van der Waals surface area contributed by atoms with Gasteiger partial charge >= 0.3 is 0 Å². The van der Waals surface area contributed by atoms with E-state index in [2.05, 4.69) is 9.55 Å². The number of fused-ring (bicyclic) bond motifs is 1. The summed E-state index contributed by atoms with van der Waals surface area (Å²) in [7, 11) is 1.64. The van der Waals surface area contributed by atoms with Crippen LogP contribution < -0.4 is 9.47 Å². The number of methoxy groups -OCH3 is 1. The van der Waals surface area contributed by atoms with Crippen molar-refractivity contribution in [1.29, 1.82) is 0 Å².